The predicted octanol–water partition coefficient (Wildman–Crippen LogP) is 5.28. The topological polar surface area (TPSA) is 0 Å². The van der Waals surface area contributed by atoms with Crippen LogP contribution in [0.5, 0.6) is 0 Å². The van der Waals surface area contributed by atoms with E-state index in [9.17, 15) is 0 Å². The van der Waals surface area contributed by atoms with Crippen molar-refractivity contribution in [2.24, 2.45) is 23.2 Å². The molecular formula is C15H30. The van der Waals surface area contributed by atoms with Gasteiger partial charge in [-0.3, -0.25) is 0 Å². The normalized spacial score (nSPS) is 34.6. The van der Waals surface area contributed by atoms with E-state index in [0.717, 1.165) is 17.8 Å². The van der Waals surface area contributed by atoms with Gasteiger partial charge in [0.05, 0.1) is 0 Å². The Morgan fingerprint density at radius 2 is 1.53 bits per heavy atom. The zero-order valence-corrected chi connectivity index (χ0v) is 11.5. The van der Waals surface area contributed by atoms with Crippen molar-refractivity contribution in [2.75, 3.05) is 0 Å². The lowest BCUT2D eigenvalue weighted by molar-refractivity contribution is 0.0136. The smallest absolute Gasteiger partial charge is 0.0326 e. The summed E-state index contributed by atoms with van der Waals surface area (Å²) < 4.78 is 0. The van der Waals surface area contributed by atoms with Crippen molar-refractivity contribution in [2.45, 2.75) is 73.1 Å². The largest absolute Gasteiger partial charge is 0.0683 e. The second-order valence-corrected chi connectivity index (χ2v) is 5.97. The molecule has 3 saturated carbocycles. The van der Waals surface area contributed by atoms with Gasteiger partial charge in [-0.25, -0.2) is 0 Å². The van der Waals surface area contributed by atoms with Crippen LogP contribution in [0, 0.1) is 23.2 Å². The average molecular weight is 210 g/mol. The van der Waals surface area contributed by atoms with Gasteiger partial charge in [-0.05, 0) is 42.4 Å². The molecule has 3 aliphatic carbocycles. The second kappa shape index (κ2) is 5.37. The molecule has 0 aromatic carbocycles. The highest BCUT2D eigenvalue weighted by atomic mass is 14.5. The first-order chi connectivity index (χ1) is 7.13. The summed E-state index contributed by atoms with van der Waals surface area (Å²) in [6, 6.07) is 0. The predicted molar refractivity (Wildman–Crippen MR) is 69.0 cm³/mol. The highest BCUT2D eigenvalue weighted by Crippen LogP contribution is 2.52. The second-order valence-electron chi connectivity index (χ2n) is 5.97. The molecule has 0 aromatic rings. The maximum Gasteiger partial charge on any atom is -0.0326 e. The zero-order chi connectivity index (χ0) is 11.5. The minimum atomic E-state index is 0.615. The molecule has 3 aliphatic rings. The van der Waals surface area contributed by atoms with Crippen LogP contribution in [0.2, 0.25) is 0 Å². The van der Waals surface area contributed by atoms with Gasteiger partial charge in [-0.15, -0.1) is 0 Å². The fraction of sp³-hybridized carbons (Fsp3) is 1.00. The van der Waals surface area contributed by atoms with E-state index < -0.39 is 0 Å². The van der Waals surface area contributed by atoms with Gasteiger partial charge in [-0.1, -0.05) is 53.9 Å². The highest BCUT2D eigenvalue weighted by molar-refractivity contribution is 4.92. The molecule has 15 heavy (non-hydrogen) atoms. The molecule has 0 N–H and O–H groups in total. The number of fused-ring (bicyclic) bond motifs is 3. The minimum Gasteiger partial charge on any atom is -0.0683 e. The Balaban J connectivity index is 0.000000531. The number of hydrogen-bond acceptors (Lipinski definition) is 0. The van der Waals surface area contributed by atoms with E-state index in [4.69, 9.17) is 0 Å². The van der Waals surface area contributed by atoms with E-state index in [-0.39, 0.29) is 0 Å². The summed E-state index contributed by atoms with van der Waals surface area (Å²) in [6.07, 6.45) is 9.08. The molecule has 3 fully saturated rings. The number of rotatable bonds is 2. The zero-order valence-electron chi connectivity index (χ0n) is 11.5. The standard InChI is InChI=1S/C13H24.C2H6/c1-4-13(2,3)12-9-10-5-7-11(12)8-6-10;1-2/h10-12H,4-9H2,1-3H3;1-2H3. The van der Waals surface area contributed by atoms with Crippen LogP contribution in [-0.2, 0) is 0 Å². The van der Waals surface area contributed by atoms with Gasteiger partial charge in [0.25, 0.3) is 0 Å². The van der Waals surface area contributed by atoms with E-state index in [2.05, 4.69) is 20.8 Å². The Hall–Kier alpha value is 0. The van der Waals surface area contributed by atoms with Crippen LogP contribution in [0.4, 0.5) is 0 Å². The fourth-order valence-corrected chi connectivity index (χ4v) is 3.60. The first-order valence-corrected chi connectivity index (χ1v) is 7.13. The van der Waals surface area contributed by atoms with Gasteiger partial charge >= 0.3 is 0 Å². The van der Waals surface area contributed by atoms with E-state index in [1.54, 1.807) is 32.1 Å². The first-order valence-electron chi connectivity index (χ1n) is 7.13. The van der Waals surface area contributed by atoms with E-state index in [1.165, 1.54) is 6.42 Å². The third kappa shape index (κ3) is 2.77. The van der Waals surface area contributed by atoms with Gasteiger partial charge in [0.1, 0.15) is 0 Å². The van der Waals surface area contributed by atoms with Crippen molar-refractivity contribution in [1.29, 1.82) is 0 Å². The third-order valence-electron chi connectivity index (χ3n) is 4.96. The molecule has 0 nitrogen and oxygen atoms in total. The molecule has 0 aliphatic heterocycles. The summed E-state index contributed by atoms with van der Waals surface area (Å²) in [5.74, 6) is 3.23. The van der Waals surface area contributed by atoms with Crippen LogP contribution in [0.1, 0.15) is 73.1 Å². The first kappa shape index (κ1) is 13.1. The maximum absolute atomic E-state index is 2.48. The lowest BCUT2D eigenvalue weighted by atomic mass is 9.56. The van der Waals surface area contributed by atoms with Crippen molar-refractivity contribution in [3.63, 3.8) is 0 Å². The van der Waals surface area contributed by atoms with Gasteiger partial charge in [0, 0.05) is 0 Å². The minimum absolute atomic E-state index is 0.615. The van der Waals surface area contributed by atoms with Crippen molar-refractivity contribution in [1.82, 2.24) is 0 Å². The molecule has 0 aromatic heterocycles. The van der Waals surface area contributed by atoms with E-state index in [0.29, 0.717) is 5.41 Å². The summed E-state index contributed by atoms with van der Waals surface area (Å²) in [5.41, 5.74) is 0.615. The summed E-state index contributed by atoms with van der Waals surface area (Å²) in [7, 11) is 0. The Bertz CT molecular complexity index is 172. The summed E-state index contributed by atoms with van der Waals surface area (Å²) in [4.78, 5) is 0. The van der Waals surface area contributed by atoms with Gasteiger partial charge in [0.15, 0.2) is 0 Å². The van der Waals surface area contributed by atoms with Crippen molar-refractivity contribution >= 4 is 0 Å². The molecule has 1 atom stereocenters. The van der Waals surface area contributed by atoms with Gasteiger partial charge < -0.3 is 0 Å². The van der Waals surface area contributed by atoms with Gasteiger partial charge in [-0.2, -0.15) is 0 Å². The third-order valence-corrected chi connectivity index (χ3v) is 4.96. The monoisotopic (exact) mass is 210 g/mol. The Labute approximate surface area is 96.8 Å². The van der Waals surface area contributed by atoms with Crippen LogP contribution < -0.4 is 0 Å². The van der Waals surface area contributed by atoms with E-state index in [1.807, 2.05) is 13.8 Å². The maximum atomic E-state index is 2.48. The molecule has 0 heteroatoms. The molecular weight excluding hydrogens is 180 g/mol. The Morgan fingerprint density at radius 3 is 1.87 bits per heavy atom. The molecule has 90 valence electrons. The summed E-state index contributed by atoms with van der Waals surface area (Å²) >= 11 is 0. The quantitative estimate of drug-likeness (QED) is 0.582. The molecule has 0 saturated heterocycles. The van der Waals surface area contributed by atoms with Crippen molar-refractivity contribution in [3.05, 3.63) is 0 Å². The SMILES string of the molecule is CC.CCC(C)(C)C1CC2CCC1CC2. The van der Waals surface area contributed by atoms with Crippen molar-refractivity contribution < 1.29 is 0 Å². The molecule has 1 unspecified atom stereocenters. The average Bonchev–Trinajstić information content (AvgIpc) is 2.33. The highest BCUT2D eigenvalue weighted by Gasteiger charge is 2.42. The molecule has 0 amide bonds. The van der Waals surface area contributed by atoms with Crippen LogP contribution in [0.15, 0.2) is 0 Å². The molecule has 3 rings (SSSR count). The van der Waals surface area contributed by atoms with Gasteiger partial charge in [0.2, 0.25) is 0 Å². The molecule has 0 radical (unpaired) electrons. The fourth-order valence-electron chi connectivity index (χ4n) is 3.60. The van der Waals surface area contributed by atoms with Crippen LogP contribution in [-0.4, -0.2) is 0 Å². The summed E-state index contributed by atoms with van der Waals surface area (Å²) in [5, 5.41) is 0. The molecule has 2 bridgehead atoms. The van der Waals surface area contributed by atoms with Crippen LogP contribution in [0.25, 0.3) is 0 Å². The summed E-state index contributed by atoms with van der Waals surface area (Å²) in [6.45, 7) is 11.3. The number of hydrogen-bond donors (Lipinski definition) is 0. The molecule has 0 spiro atoms. The lowest BCUT2D eigenvalue weighted by Crippen LogP contribution is -2.39. The lowest BCUT2D eigenvalue weighted by Gasteiger charge is -2.49. The Morgan fingerprint density at radius 1 is 1.00 bits per heavy atom. The Kier molecular flexibility index (Phi) is 4.67. The van der Waals surface area contributed by atoms with Crippen LogP contribution in [0.3, 0.4) is 0 Å². The van der Waals surface area contributed by atoms with Crippen molar-refractivity contribution in [3.8, 4) is 0 Å². The van der Waals surface area contributed by atoms with E-state index >= 15 is 0 Å². The van der Waals surface area contributed by atoms with Crippen LogP contribution >= 0.6 is 0 Å². The molecule has 0 heterocycles.